The Labute approximate surface area is 172 Å². The predicted octanol–water partition coefficient (Wildman–Crippen LogP) is 3.37. The van der Waals surface area contributed by atoms with Crippen LogP contribution in [0, 0.1) is 0 Å². The van der Waals surface area contributed by atoms with E-state index in [4.69, 9.17) is 0 Å². The van der Waals surface area contributed by atoms with E-state index < -0.39 is 10.0 Å². The summed E-state index contributed by atoms with van der Waals surface area (Å²) in [6.45, 7) is 0.218. The van der Waals surface area contributed by atoms with E-state index in [1.807, 2.05) is 35.9 Å². The van der Waals surface area contributed by atoms with Gasteiger partial charge >= 0.3 is 0 Å². The molecule has 0 fully saturated rings. The van der Waals surface area contributed by atoms with E-state index in [1.165, 1.54) is 6.07 Å². The number of hydrogen-bond donors (Lipinski definition) is 2. The van der Waals surface area contributed by atoms with Crippen molar-refractivity contribution in [2.75, 3.05) is 4.72 Å². The fourth-order valence-corrected chi connectivity index (χ4v) is 5.06. The van der Waals surface area contributed by atoms with Gasteiger partial charge in [-0.05, 0) is 35.7 Å². The number of imidazole rings is 1. The number of nitrogens with zero attached hydrogens (tertiary/aromatic N) is 2. The van der Waals surface area contributed by atoms with Crippen LogP contribution in [0.25, 0.3) is 11.0 Å². The van der Waals surface area contributed by atoms with Crippen LogP contribution in [-0.2, 0) is 23.6 Å². The Morgan fingerprint density at radius 2 is 1.83 bits per heavy atom. The number of carbonyl (C=O) groups is 1. The topological polar surface area (TPSA) is 93.1 Å². The van der Waals surface area contributed by atoms with E-state index in [2.05, 4.69) is 15.0 Å². The number of para-hydroxylation sites is 3. The van der Waals surface area contributed by atoms with Crippen molar-refractivity contribution >= 4 is 44.0 Å². The molecule has 2 aromatic carbocycles. The average Bonchev–Trinajstić information content (AvgIpc) is 3.36. The minimum atomic E-state index is -3.75. The van der Waals surface area contributed by atoms with Crippen LogP contribution in [-0.4, -0.2) is 23.9 Å². The van der Waals surface area contributed by atoms with Crippen LogP contribution in [0.2, 0.25) is 0 Å². The van der Waals surface area contributed by atoms with Crippen molar-refractivity contribution in [2.24, 2.45) is 7.05 Å². The van der Waals surface area contributed by atoms with Crippen molar-refractivity contribution in [3.05, 3.63) is 77.4 Å². The van der Waals surface area contributed by atoms with Crippen molar-refractivity contribution in [3.63, 3.8) is 0 Å². The van der Waals surface area contributed by atoms with Crippen molar-refractivity contribution < 1.29 is 13.2 Å². The van der Waals surface area contributed by atoms with Gasteiger partial charge in [-0.25, -0.2) is 13.4 Å². The number of nitrogens with one attached hydrogen (secondary N) is 2. The largest absolute Gasteiger partial charge is 0.345 e. The molecule has 4 rings (SSSR count). The number of fused-ring (bicyclic) bond motifs is 1. The number of aromatic nitrogens is 2. The molecule has 0 saturated heterocycles. The lowest BCUT2D eigenvalue weighted by Gasteiger charge is -2.12. The van der Waals surface area contributed by atoms with E-state index in [9.17, 15) is 13.2 Å². The monoisotopic (exact) mass is 426 g/mol. The molecule has 7 nitrogen and oxygen atoms in total. The molecule has 2 heterocycles. The molecule has 0 spiro atoms. The fourth-order valence-electron chi connectivity index (χ4n) is 2.99. The minimum Gasteiger partial charge on any atom is -0.345 e. The van der Waals surface area contributed by atoms with Gasteiger partial charge in [0.1, 0.15) is 10.0 Å². The second-order valence-electron chi connectivity index (χ2n) is 6.34. The third-order valence-electron chi connectivity index (χ3n) is 4.46. The summed E-state index contributed by atoms with van der Waals surface area (Å²) >= 11 is 1.11. The molecular formula is C20H18N4O3S2. The summed E-state index contributed by atoms with van der Waals surface area (Å²) in [5, 5.41) is 4.51. The first kappa shape index (κ1) is 19.2. The lowest BCUT2D eigenvalue weighted by atomic mass is 10.1. The lowest BCUT2D eigenvalue weighted by molar-refractivity contribution is 0.0950. The Hall–Kier alpha value is -3.17. The van der Waals surface area contributed by atoms with Gasteiger partial charge in [-0.1, -0.05) is 30.3 Å². The maximum Gasteiger partial charge on any atom is 0.271 e. The van der Waals surface area contributed by atoms with Crippen LogP contribution >= 0.6 is 11.3 Å². The number of carbonyl (C=O) groups excluding carboxylic acids is 1. The molecule has 0 aliphatic heterocycles. The van der Waals surface area contributed by atoms with Crippen molar-refractivity contribution in [3.8, 4) is 0 Å². The van der Waals surface area contributed by atoms with Gasteiger partial charge in [0.05, 0.1) is 28.8 Å². The second-order valence-corrected chi connectivity index (χ2v) is 9.20. The molecule has 0 radical (unpaired) electrons. The highest BCUT2D eigenvalue weighted by molar-refractivity contribution is 7.94. The Kier molecular flexibility index (Phi) is 5.08. The molecule has 0 aliphatic carbocycles. The standard InChI is InChI=1S/C20H18N4O3S2/c1-24-17-10-5-4-9-16(17)22-18(24)13-21-20(25)14-7-2-3-8-15(14)23-29(26,27)19-11-6-12-28-19/h2-12,23H,13H2,1H3,(H,21,25). The number of rotatable bonds is 6. The van der Waals surface area contributed by atoms with Gasteiger partial charge < -0.3 is 9.88 Å². The third-order valence-corrected chi connectivity index (χ3v) is 7.23. The van der Waals surface area contributed by atoms with E-state index in [0.29, 0.717) is 5.82 Å². The summed E-state index contributed by atoms with van der Waals surface area (Å²) in [4.78, 5) is 17.3. The first-order chi connectivity index (χ1) is 14.0. The molecule has 0 atom stereocenters. The molecule has 2 aromatic heterocycles. The summed E-state index contributed by atoms with van der Waals surface area (Å²) in [7, 11) is -1.86. The maximum absolute atomic E-state index is 12.8. The smallest absolute Gasteiger partial charge is 0.271 e. The summed E-state index contributed by atoms with van der Waals surface area (Å²) in [6.07, 6.45) is 0. The number of sulfonamides is 1. The quantitative estimate of drug-likeness (QED) is 0.494. The Balaban J connectivity index is 1.54. The van der Waals surface area contributed by atoms with Crippen molar-refractivity contribution in [1.29, 1.82) is 0 Å². The highest BCUT2D eigenvalue weighted by Gasteiger charge is 2.19. The summed E-state index contributed by atoms with van der Waals surface area (Å²) < 4.78 is 29.6. The zero-order valence-electron chi connectivity index (χ0n) is 15.5. The zero-order chi connectivity index (χ0) is 20.4. The summed E-state index contributed by atoms with van der Waals surface area (Å²) in [5.41, 5.74) is 2.29. The molecule has 0 unspecified atom stereocenters. The van der Waals surface area contributed by atoms with Crippen molar-refractivity contribution in [2.45, 2.75) is 10.8 Å². The average molecular weight is 427 g/mol. The van der Waals surface area contributed by atoms with Crippen LogP contribution in [0.4, 0.5) is 5.69 Å². The molecule has 4 aromatic rings. The Morgan fingerprint density at radius 3 is 2.59 bits per heavy atom. The molecule has 9 heteroatoms. The van der Waals surface area contributed by atoms with Gasteiger partial charge in [0.25, 0.3) is 15.9 Å². The second kappa shape index (κ2) is 7.69. The molecule has 0 saturated carbocycles. The highest BCUT2D eigenvalue weighted by atomic mass is 32.2. The van der Waals surface area contributed by atoms with Crippen LogP contribution in [0.5, 0.6) is 0 Å². The highest BCUT2D eigenvalue weighted by Crippen LogP contribution is 2.23. The summed E-state index contributed by atoms with van der Waals surface area (Å²) in [6, 6.07) is 17.4. The van der Waals surface area contributed by atoms with Crippen LogP contribution in [0.3, 0.4) is 0 Å². The van der Waals surface area contributed by atoms with E-state index in [-0.39, 0.29) is 27.9 Å². The number of thiophene rings is 1. The normalized spacial score (nSPS) is 11.5. The van der Waals surface area contributed by atoms with Gasteiger partial charge in [-0.15, -0.1) is 11.3 Å². The maximum atomic E-state index is 12.8. The van der Waals surface area contributed by atoms with Gasteiger partial charge in [0.2, 0.25) is 0 Å². The zero-order valence-corrected chi connectivity index (χ0v) is 17.1. The van der Waals surface area contributed by atoms with E-state index in [1.54, 1.807) is 35.7 Å². The molecule has 2 N–H and O–H groups in total. The molecule has 148 valence electrons. The minimum absolute atomic E-state index is 0.187. The van der Waals surface area contributed by atoms with Gasteiger partial charge in [0.15, 0.2) is 0 Å². The predicted molar refractivity (Wildman–Crippen MR) is 113 cm³/mol. The van der Waals surface area contributed by atoms with E-state index in [0.717, 1.165) is 22.4 Å². The van der Waals surface area contributed by atoms with Crippen LogP contribution < -0.4 is 10.0 Å². The fraction of sp³-hybridized carbons (Fsp3) is 0.100. The SMILES string of the molecule is Cn1c(CNC(=O)c2ccccc2NS(=O)(=O)c2cccs2)nc2ccccc21. The number of anilines is 1. The Morgan fingerprint density at radius 1 is 1.07 bits per heavy atom. The number of aryl methyl sites for hydroxylation is 1. The molecule has 0 aliphatic rings. The first-order valence-corrected chi connectivity index (χ1v) is 11.2. The summed E-state index contributed by atoms with van der Waals surface area (Å²) in [5.74, 6) is 0.317. The molecule has 0 bridgehead atoms. The molecular weight excluding hydrogens is 408 g/mol. The van der Waals surface area contributed by atoms with Gasteiger partial charge in [-0.3, -0.25) is 9.52 Å². The van der Waals surface area contributed by atoms with Crippen LogP contribution in [0.15, 0.2) is 70.3 Å². The Bertz CT molecular complexity index is 1280. The third kappa shape index (κ3) is 3.87. The van der Waals surface area contributed by atoms with Gasteiger partial charge in [-0.2, -0.15) is 0 Å². The van der Waals surface area contributed by atoms with Crippen LogP contribution in [0.1, 0.15) is 16.2 Å². The molecule has 1 amide bonds. The molecule has 29 heavy (non-hydrogen) atoms. The van der Waals surface area contributed by atoms with Gasteiger partial charge in [0, 0.05) is 7.05 Å². The number of benzene rings is 2. The van der Waals surface area contributed by atoms with E-state index >= 15 is 0 Å². The number of hydrogen-bond acceptors (Lipinski definition) is 5. The lowest BCUT2D eigenvalue weighted by Crippen LogP contribution is -2.26. The van der Waals surface area contributed by atoms with Crippen molar-refractivity contribution in [1.82, 2.24) is 14.9 Å². The first-order valence-electron chi connectivity index (χ1n) is 8.79. The number of amides is 1.